The van der Waals surface area contributed by atoms with Crippen molar-refractivity contribution in [3.8, 4) is 5.75 Å². The Morgan fingerprint density at radius 1 is 1.30 bits per heavy atom. The zero-order valence-corrected chi connectivity index (χ0v) is 17.2. The Bertz CT molecular complexity index is 964. The first kappa shape index (κ1) is 18.5. The van der Waals surface area contributed by atoms with Crippen LogP contribution in [0, 0.1) is 12.8 Å². The highest BCUT2D eigenvalue weighted by Gasteiger charge is 2.38. The highest BCUT2D eigenvalue weighted by molar-refractivity contribution is 7.12. The molecule has 3 heterocycles. The molecule has 2 atom stereocenters. The summed E-state index contributed by atoms with van der Waals surface area (Å²) in [6.07, 6.45) is 3.86. The molecule has 4 rings (SSSR count). The van der Waals surface area contributed by atoms with E-state index in [1.165, 1.54) is 10.4 Å². The minimum absolute atomic E-state index is 0.0500. The molecule has 0 amide bonds. The Morgan fingerprint density at radius 2 is 2.11 bits per heavy atom. The maximum atomic E-state index is 12.9. The van der Waals surface area contributed by atoms with Gasteiger partial charge >= 0.3 is 5.63 Å². The van der Waals surface area contributed by atoms with Crippen molar-refractivity contribution in [3.05, 3.63) is 72.1 Å². The van der Waals surface area contributed by atoms with Crippen molar-refractivity contribution >= 4 is 22.7 Å². The molecule has 2 unspecified atom stereocenters. The van der Waals surface area contributed by atoms with Gasteiger partial charge in [0.05, 0.1) is 5.56 Å². The van der Waals surface area contributed by atoms with Crippen molar-refractivity contribution in [3.63, 3.8) is 0 Å². The maximum absolute atomic E-state index is 12.9. The average molecular weight is 401 g/mol. The molecule has 5 heteroatoms. The lowest BCUT2D eigenvalue weighted by Gasteiger charge is -2.18. The minimum atomic E-state index is -0.378. The quantitative estimate of drug-likeness (QED) is 0.525. The van der Waals surface area contributed by atoms with Gasteiger partial charge in [0.1, 0.15) is 11.5 Å². The van der Waals surface area contributed by atoms with E-state index in [-0.39, 0.29) is 23.2 Å². The SMILES string of the molecule is CCC(Cc1ccsc1)c1cc(O)c(C(c2ccc(C)s2)C2CC2)c(=O)o1. The molecule has 0 radical (unpaired) electrons. The summed E-state index contributed by atoms with van der Waals surface area (Å²) in [6.45, 7) is 4.16. The van der Waals surface area contributed by atoms with Gasteiger partial charge < -0.3 is 9.52 Å². The van der Waals surface area contributed by atoms with Gasteiger partial charge in [-0.2, -0.15) is 11.3 Å². The third-order valence-electron chi connectivity index (χ3n) is 5.41. The van der Waals surface area contributed by atoms with E-state index in [1.54, 1.807) is 28.7 Å². The van der Waals surface area contributed by atoms with Gasteiger partial charge in [-0.15, -0.1) is 11.3 Å². The first-order valence-electron chi connectivity index (χ1n) is 9.51. The number of aromatic hydroxyl groups is 1. The lowest BCUT2D eigenvalue weighted by atomic mass is 9.91. The number of aryl methyl sites for hydroxylation is 1. The molecule has 1 aliphatic carbocycles. The molecule has 0 aromatic carbocycles. The van der Waals surface area contributed by atoms with E-state index in [0.29, 0.717) is 17.2 Å². The second-order valence-electron chi connectivity index (χ2n) is 7.44. The van der Waals surface area contributed by atoms with Gasteiger partial charge in [0.25, 0.3) is 0 Å². The fourth-order valence-corrected chi connectivity index (χ4v) is 5.56. The Labute approximate surface area is 167 Å². The highest BCUT2D eigenvalue weighted by atomic mass is 32.1. The van der Waals surface area contributed by atoms with Crippen molar-refractivity contribution in [2.24, 2.45) is 5.92 Å². The summed E-state index contributed by atoms with van der Waals surface area (Å²) >= 11 is 3.37. The normalized spacial score (nSPS) is 16.4. The molecule has 0 saturated heterocycles. The predicted molar refractivity (Wildman–Crippen MR) is 111 cm³/mol. The van der Waals surface area contributed by atoms with Gasteiger partial charge in [0, 0.05) is 27.7 Å². The number of hydrogen-bond acceptors (Lipinski definition) is 5. The topological polar surface area (TPSA) is 50.4 Å². The molecule has 0 aliphatic heterocycles. The van der Waals surface area contributed by atoms with Crippen LogP contribution in [-0.4, -0.2) is 5.11 Å². The van der Waals surface area contributed by atoms with Gasteiger partial charge in [0.15, 0.2) is 0 Å². The van der Waals surface area contributed by atoms with Crippen LogP contribution in [0.3, 0.4) is 0 Å². The van der Waals surface area contributed by atoms with Crippen LogP contribution in [0.4, 0.5) is 0 Å². The molecular weight excluding hydrogens is 376 g/mol. The molecule has 3 aromatic heterocycles. The molecule has 3 nitrogen and oxygen atoms in total. The molecule has 142 valence electrons. The summed E-state index contributed by atoms with van der Waals surface area (Å²) in [5, 5.41) is 15.0. The third kappa shape index (κ3) is 3.90. The van der Waals surface area contributed by atoms with E-state index in [2.05, 4.69) is 42.8 Å². The largest absolute Gasteiger partial charge is 0.507 e. The maximum Gasteiger partial charge on any atom is 0.343 e. The molecule has 0 bridgehead atoms. The Kier molecular flexibility index (Phi) is 5.24. The van der Waals surface area contributed by atoms with Crippen LogP contribution < -0.4 is 5.63 Å². The van der Waals surface area contributed by atoms with Crippen molar-refractivity contribution < 1.29 is 9.52 Å². The van der Waals surface area contributed by atoms with E-state index in [4.69, 9.17) is 4.42 Å². The molecular formula is C22H24O3S2. The lowest BCUT2D eigenvalue weighted by Crippen LogP contribution is -2.17. The van der Waals surface area contributed by atoms with Crippen LogP contribution in [0.15, 0.2) is 44.2 Å². The summed E-state index contributed by atoms with van der Waals surface area (Å²) in [6, 6.07) is 7.95. The van der Waals surface area contributed by atoms with E-state index in [1.807, 2.05) is 0 Å². The second-order valence-corrected chi connectivity index (χ2v) is 9.54. The summed E-state index contributed by atoms with van der Waals surface area (Å²) in [5.41, 5.74) is 1.30. The van der Waals surface area contributed by atoms with E-state index >= 15 is 0 Å². The molecule has 1 aliphatic rings. The number of hydrogen-bond donors (Lipinski definition) is 1. The van der Waals surface area contributed by atoms with Crippen molar-refractivity contribution in [2.45, 2.75) is 51.4 Å². The third-order valence-corrected chi connectivity index (χ3v) is 7.23. The second kappa shape index (κ2) is 7.64. The van der Waals surface area contributed by atoms with E-state index in [9.17, 15) is 9.90 Å². The van der Waals surface area contributed by atoms with Crippen molar-refractivity contribution in [1.29, 1.82) is 0 Å². The zero-order valence-electron chi connectivity index (χ0n) is 15.6. The molecule has 1 fully saturated rings. The van der Waals surface area contributed by atoms with Crippen LogP contribution in [0.25, 0.3) is 0 Å². The summed E-state index contributed by atoms with van der Waals surface area (Å²) in [5.74, 6) is 1.15. The van der Waals surface area contributed by atoms with E-state index < -0.39 is 0 Å². The summed E-state index contributed by atoms with van der Waals surface area (Å²) < 4.78 is 5.77. The standard InChI is InChI=1S/C22H24O3S2/c1-3-15(10-14-8-9-26-12-14)18-11-17(23)21(22(24)25-18)20(16-5-6-16)19-7-4-13(2)27-19/h4,7-9,11-12,15-16,20,23H,3,5-6,10H2,1-2H3. The van der Waals surface area contributed by atoms with Gasteiger partial charge in [-0.3, -0.25) is 0 Å². The Hall–Kier alpha value is -1.85. The predicted octanol–water partition coefficient (Wildman–Crippen LogP) is 6.06. The van der Waals surface area contributed by atoms with Crippen LogP contribution in [0.1, 0.15) is 64.7 Å². The van der Waals surface area contributed by atoms with Crippen molar-refractivity contribution in [1.82, 2.24) is 0 Å². The smallest absolute Gasteiger partial charge is 0.343 e. The van der Waals surface area contributed by atoms with Crippen LogP contribution in [0.2, 0.25) is 0 Å². The average Bonchev–Trinajstić information content (AvgIpc) is 3.16. The lowest BCUT2D eigenvalue weighted by molar-refractivity contribution is 0.380. The molecule has 1 N–H and O–H groups in total. The fraction of sp³-hybridized carbons (Fsp3) is 0.409. The van der Waals surface area contributed by atoms with Gasteiger partial charge in [-0.1, -0.05) is 6.92 Å². The molecule has 3 aromatic rings. The molecule has 1 saturated carbocycles. The minimum Gasteiger partial charge on any atom is -0.507 e. The highest BCUT2D eigenvalue weighted by Crippen LogP contribution is 2.49. The van der Waals surface area contributed by atoms with Crippen molar-refractivity contribution in [2.75, 3.05) is 0 Å². The van der Waals surface area contributed by atoms with E-state index in [0.717, 1.165) is 30.6 Å². The Balaban J connectivity index is 1.70. The van der Waals surface area contributed by atoms with Gasteiger partial charge in [-0.05, 0) is 73.0 Å². The first-order chi connectivity index (χ1) is 13.1. The van der Waals surface area contributed by atoms with Crippen LogP contribution in [-0.2, 0) is 6.42 Å². The molecule has 27 heavy (non-hydrogen) atoms. The van der Waals surface area contributed by atoms with Gasteiger partial charge in [-0.25, -0.2) is 4.79 Å². The zero-order chi connectivity index (χ0) is 19.0. The first-order valence-corrected chi connectivity index (χ1v) is 11.3. The Morgan fingerprint density at radius 3 is 2.67 bits per heavy atom. The summed E-state index contributed by atoms with van der Waals surface area (Å²) in [7, 11) is 0. The number of thiophene rings is 2. The number of rotatable bonds is 7. The fourth-order valence-electron chi connectivity index (χ4n) is 3.80. The van der Waals surface area contributed by atoms with Gasteiger partial charge in [0.2, 0.25) is 0 Å². The molecule has 0 spiro atoms. The van der Waals surface area contributed by atoms with Crippen LogP contribution in [0.5, 0.6) is 5.75 Å². The van der Waals surface area contributed by atoms with Crippen LogP contribution >= 0.6 is 22.7 Å². The summed E-state index contributed by atoms with van der Waals surface area (Å²) in [4.78, 5) is 15.3. The monoisotopic (exact) mass is 400 g/mol.